The van der Waals surface area contributed by atoms with Gasteiger partial charge in [0, 0.05) is 12.6 Å². The van der Waals surface area contributed by atoms with Gasteiger partial charge in [0.1, 0.15) is 22.3 Å². The lowest BCUT2D eigenvalue weighted by Gasteiger charge is -2.19. The van der Waals surface area contributed by atoms with Gasteiger partial charge in [-0.3, -0.25) is 0 Å². The van der Waals surface area contributed by atoms with Gasteiger partial charge in [-0.05, 0) is 24.1 Å². The van der Waals surface area contributed by atoms with Crippen LogP contribution in [0.3, 0.4) is 0 Å². The van der Waals surface area contributed by atoms with Gasteiger partial charge in [0.2, 0.25) is 10.0 Å². The molecule has 0 bridgehead atoms. The molecule has 0 amide bonds. The second-order valence-electron chi connectivity index (χ2n) is 4.82. The minimum absolute atomic E-state index is 0.153. The third-order valence-electron chi connectivity index (χ3n) is 3.29. The number of nitrogens with zero attached hydrogens (tertiary/aromatic N) is 1. The van der Waals surface area contributed by atoms with E-state index in [1.165, 1.54) is 12.1 Å². The molecule has 0 fully saturated rings. The topological polar surface area (TPSA) is 90.2 Å². The normalized spacial score (nSPS) is 12.6. The molecule has 0 aromatic heterocycles. The number of sulfonamides is 1. The van der Waals surface area contributed by atoms with Crippen molar-refractivity contribution in [2.24, 2.45) is 0 Å². The summed E-state index contributed by atoms with van der Waals surface area (Å²) < 4.78 is 41.1. The Morgan fingerprint density at radius 2 is 1.87 bits per heavy atom. The molecule has 1 atom stereocenters. The molecule has 2 rings (SSSR count). The second kappa shape index (κ2) is 7.33. The molecule has 23 heavy (non-hydrogen) atoms. The Bertz CT molecular complexity index is 817. The smallest absolute Gasteiger partial charge is 0.242 e. The zero-order valence-electron chi connectivity index (χ0n) is 12.1. The highest BCUT2D eigenvalue weighted by atomic mass is 32.2. The Morgan fingerprint density at radius 1 is 1.17 bits per heavy atom. The maximum atomic E-state index is 13.6. The van der Waals surface area contributed by atoms with Crippen molar-refractivity contribution in [3.8, 4) is 6.07 Å². The quantitative estimate of drug-likeness (QED) is 0.846. The molecule has 2 aromatic rings. The lowest BCUT2D eigenvalue weighted by molar-refractivity contribution is 0.272. The Morgan fingerprint density at radius 3 is 2.48 bits per heavy atom. The molecule has 0 saturated heterocycles. The van der Waals surface area contributed by atoms with Crippen molar-refractivity contribution in [1.82, 2.24) is 4.72 Å². The van der Waals surface area contributed by atoms with Crippen molar-refractivity contribution in [1.29, 1.82) is 5.26 Å². The molecule has 0 radical (unpaired) electrons. The van der Waals surface area contributed by atoms with Gasteiger partial charge in [-0.1, -0.05) is 36.4 Å². The monoisotopic (exact) mass is 334 g/mol. The van der Waals surface area contributed by atoms with E-state index in [9.17, 15) is 12.8 Å². The van der Waals surface area contributed by atoms with E-state index >= 15 is 0 Å². The summed E-state index contributed by atoms with van der Waals surface area (Å²) in [6.07, 6.45) is 0.153. The van der Waals surface area contributed by atoms with Crippen LogP contribution < -0.4 is 4.72 Å². The molecule has 0 aliphatic heterocycles. The van der Waals surface area contributed by atoms with E-state index in [-0.39, 0.29) is 13.0 Å². The maximum Gasteiger partial charge on any atom is 0.242 e. The van der Waals surface area contributed by atoms with Gasteiger partial charge in [0.05, 0.1) is 0 Å². The Balaban J connectivity index is 2.40. The number of nitrogens with one attached hydrogen (secondary N) is 1. The van der Waals surface area contributed by atoms with E-state index < -0.39 is 32.3 Å². The lowest BCUT2D eigenvalue weighted by atomic mass is 10.1. The van der Waals surface area contributed by atoms with Gasteiger partial charge < -0.3 is 5.11 Å². The first-order valence-corrected chi connectivity index (χ1v) is 8.34. The summed E-state index contributed by atoms with van der Waals surface area (Å²) in [4.78, 5) is -0.418. The molecule has 7 heteroatoms. The first kappa shape index (κ1) is 17.1. The molecule has 0 spiro atoms. The second-order valence-corrected chi connectivity index (χ2v) is 6.50. The third kappa shape index (κ3) is 3.93. The lowest BCUT2D eigenvalue weighted by Crippen LogP contribution is -2.30. The largest absolute Gasteiger partial charge is 0.396 e. The molecule has 0 saturated carbocycles. The summed E-state index contributed by atoms with van der Waals surface area (Å²) in [6.45, 7) is -0.226. The van der Waals surface area contributed by atoms with E-state index in [2.05, 4.69) is 4.72 Å². The Labute approximate surface area is 134 Å². The molecule has 0 aliphatic carbocycles. The fourth-order valence-electron chi connectivity index (χ4n) is 2.20. The van der Waals surface area contributed by atoms with Gasteiger partial charge in [-0.2, -0.15) is 5.26 Å². The van der Waals surface area contributed by atoms with Crippen LogP contribution in [-0.2, 0) is 10.0 Å². The summed E-state index contributed by atoms with van der Waals surface area (Å²) in [5.74, 6) is -0.895. The SMILES string of the molecule is N#Cc1c(F)cccc1S(=O)(=O)N[C@H](CCO)c1ccccc1. The minimum atomic E-state index is -4.12. The minimum Gasteiger partial charge on any atom is -0.396 e. The predicted molar refractivity (Wildman–Crippen MR) is 82.3 cm³/mol. The Kier molecular flexibility index (Phi) is 5.45. The van der Waals surface area contributed by atoms with Crippen LogP contribution in [-0.4, -0.2) is 20.1 Å². The molecule has 5 nitrogen and oxygen atoms in total. The van der Waals surface area contributed by atoms with Crippen LogP contribution in [0.25, 0.3) is 0 Å². The molecule has 0 heterocycles. The number of nitriles is 1. The predicted octanol–water partition coefficient (Wildman–Crippen LogP) is 2.10. The molecule has 0 unspecified atom stereocenters. The highest BCUT2D eigenvalue weighted by Crippen LogP contribution is 2.23. The van der Waals surface area contributed by atoms with Gasteiger partial charge in [-0.25, -0.2) is 17.5 Å². The number of rotatable bonds is 6. The first-order valence-electron chi connectivity index (χ1n) is 6.86. The van der Waals surface area contributed by atoms with Crippen LogP contribution in [0.2, 0.25) is 0 Å². The van der Waals surface area contributed by atoms with E-state index in [1.54, 1.807) is 36.4 Å². The number of halogens is 1. The van der Waals surface area contributed by atoms with E-state index in [0.29, 0.717) is 5.56 Å². The van der Waals surface area contributed by atoms with Crippen molar-refractivity contribution in [3.05, 3.63) is 65.5 Å². The van der Waals surface area contributed by atoms with Gasteiger partial charge in [0.25, 0.3) is 0 Å². The van der Waals surface area contributed by atoms with E-state index in [1.807, 2.05) is 0 Å². The van der Waals surface area contributed by atoms with Crippen molar-refractivity contribution >= 4 is 10.0 Å². The Hall–Kier alpha value is -2.27. The molecule has 2 N–H and O–H groups in total. The molecule has 2 aromatic carbocycles. The summed E-state index contributed by atoms with van der Waals surface area (Å²) in [5.41, 5.74) is 0.135. The van der Waals surface area contributed by atoms with Gasteiger partial charge >= 0.3 is 0 Å². The standard InChI is InChI=1S/C16H15FN2O3S/c17-14-7-4-8-16(13(14)11-18)23(21,22)19-15(9-10-20)12-5-2-1-3-6-12/h1-8,15,19-20H,9-10H2/t15-/m1/s1. The highest BCUT2D eigenvalue weighted by Gasteiger charge is 2.25. The molecular formula is C16H15FN2O3S. The number of hydrogen-bond acceptors (Lipinski definition) is 4. The molecule has 0 aliphatic rings. The van der Waals surface area contributed by atoms with Crippen LogP contribution in [0, 0.1) is 17.1 Å². The van der Waals surface area contributed by atoms with E-state index in [0.717, 1.165) is 6.07 Å². The summed E-state index contributed by atoms with van der Waals surface area (Å²) in [7, 11) is -4.12. The van der Waals surface area contributed by atoms with Crippen molar-refractivity contribution in [2.75, 3.05) is 6.61 Å². The summed E-state index contributed by atoms with van der Waals surface area (Å²) in [5, 5.41) is 18.2. The van der Waals surface area contributed by atoms with Gasteiger partial charge in [0.15, 0.2) is 0 Å². The zero-order valence-corrected chi connectivity index (χ0v) is 12.9. The summed E-state index contributed by atoms with van der Waals surface area (Å²) >= 11 is 0. The van der Waals surface area contributed by atoms with Gasteiger partial charge in [-0.15, -0.1) is 0 Å². The fourth-order valence-corrected chi connectivity index (χ4v) is 3.62. The number of benzene rings is 2. The van der Waals surface area contributed by atoms with Crippen molar-refractivity contribution in [3.63, 3.8) is 0 Å². The zero-order chi connectivity index (χ0) is 16.9. The number of hydrogen-bond donors (Lipinski definition) is 2. The number of aliphatic hydroxyl groups is 1. The van der Waals surface area contributed by atoms with Crippen LogP contribution in [0.15, 0.2) is 53.4 Å². The van der Waals surface area contributed by atoms with Crippen molar-refractivity contribution < 1.29 is 17.9 Å². The molecular weight excluding hydrogens is 319 g/mol. The average molecular weight is 334 g/mol. The number of aliphatic hydroxyl groups excluding tert-OH is 1. The highest BCUT2D eigenvalue weighted by molar-refractivity contribution is 7.89. The van der Waals surface area contributed by atoms with Crippen LogP contribution in [0.1, 0.15) is 23.6 Å². The average Bonchev–Trinajstić information content (AvgIpc) is 2.55. The first-order chi connectivity index (χ1) is 11.0. The third-order valence-corrected chi connectivity index (χ3v) is 4.81. The molecule has 120 valence electrons. The van der Waals surface area contributed by atoms with Crippen LogP contribution in [0.4, 0.5) is 4.39 Å². The maximum absolute atomic E-state index is 13.6. The van der Waals surface area contributed by atoms with Crippen LogP contribution >= 0.6 is 0 Å². The van der Waals surface area contributed by atoms with E-state index in [4.69, 9.17) is 10.4 Å². The van der Waals surface area contributed by atoms with Crippen molar-refractivity contribution in [2.45, 2.75) is 17.4 Å². The fraction of sp³-hybridized carbons (Fsp3) is 0.188. The van der Waals surface area contributed by atoms with Crippen LogP contribution in [0.5, 0.6) is 0 Å². The summed E-state index contributed by atoms with van der Waals surface area (Å²) in [6, 6.07) is 13.0.